The van der Waals surface area contributed by atoms with Crippen molar-refractivity contribution in [3.05, 3.63) is 0 Å². The summed E-state index contributed by atoms with van der Waals surface area (Å²) in [6.07, 6.45) is 5.90. The molecule has 2 heteroatoms. The van der Waals surface area contributed by atoms with Crippen molar-refractivity contribution in [3.8, 4) is 0 Å². The van der Waals surface area contributed by atoms with Gasteiger partial charge >= 0.3 is 0 Å². The number of hydrogen-bond acceptors (Lipinski definition) is 2. The Labute approximate surface area is 88.3 Å². The first-order valence-corrected chi connectivity index (χ1v) is 6.43. The Morgan fingerprint density at radius 2 is 1.07 bits per heavy atom. The number of piperazine rings is 3. The number of nitrogens with zero attached hydrogens (tertiary/aromatic N) is 2. The molecule has 0 amide bonds. The van der Waals surface area contributed by atoms with Crippen LogP contribution >= 0.6 is 0 Å². The highest BCUT2D eigenvalue weighted by Gasteiger charge is 2.41. The zero-order valence-electron chi connectivity index (χ0n) is 9.71. The lowest BCUT2D eigenvalue weighted by Gasteiger charge is -2.55. The first-order chi connectivity index (χ1) is 6.95. The van der Waals surface area contributed by atoms with Gasteiger partial charge in [-0.1, -0.05) is 26.7 Å². The van der Waals surface area contributed by atoms with Crippen LogP contribution in [0.15, 0.2) is 0 Å². The van der Waals surface area contributed by atoms with Gasteiger partial charge in [0.25, 0.3) is 0 Å². The molecule has 0 radical (unpaired) electrons. The standard InChI is InChI=1S/C10H18N2.C2H6/c1-2-4-10-9(3-1)11-5-7-12(10)8-6-11;1-2/h9-10H,1-8H2;1-2H3. The van der Waals surface area contributed by atoms with Crippen LogP contribution in [0, 0.1) is 0 Å². The van der Waals surface area contributed by atoms with Gasteiger partial charge in [0.1, 0.15) is 0 Å². The molecular formula is C12H24N2. The van der Waals surface area contributed by atoms with Gasteiger partial charge in [-0.2, -0.15) is 0 Å². The summed E-state index contributed by atoms with van der Waals surface area (Å²) < 4.78 is 0. The summed E-state index contributed by atoms with van der Waals surface area (Å²) in [5.41, 5.74) is 0. The fourth-order valence-corrected chi connectivity index (χ4v) is 3.34. The monoisotopic (exact) mass is 196 g/mol. The van der Waals surface area contributed by atoms with Crippen LogP contribution in [-0.2, 0) is 0 Å². The first kappa shape index (κ1) is 10.4. The molecule has 14 heavy (non-hydrogen) atoms. The smallest absolute Gasteiger partial charge is 0.0252 e. The Morgan fingerprint density at radius 1 is 0.714 bits per heavy atom. The lowest BCUT2D eigenvalue weighted by molar-refractivity contribution is -0.0549. The van der Waals surface area contributed by atoms with Gasteiger partial charge in [-0.15, -0.1) is 0 Å². The summed E-state index contributed by atoms with van der Waals surface area (Å²) in [7, 11) is 0. The average Bonchev–Trinajstić information content (AvgIpc) is 2.34. The van der Waals surface area contributed by atoms with Crippen molar-refractivity contribution in [1.29, 1.82) is 0 Å². The summed E-state index contributed by atoms with van der Waals surface area (Å²) in [6.45, 7) is 9.39. The van der Waals surface area contributed by atoms with Crippen molar-refractivity contribution in [2.45, 2.75) is 51.6 Å². The maximum Gasteiger partial charge on any atom is 0.0252 e. The van der Waals surface area contributed by atoms with Crippen molar-refractivity contribution in [2.75, 3.05) is 26.2 Å². The maximum absolute atomic E-state index is 2.74. The van der Waals surface area contributed by atoms with Crippen molar-refractivity contribution >= 4 is 0 Å². The summed E-state index contributed by atoms with van der Waals surface area (Å²) in [4.78, 5) is 5.48. The highest BCUT2D eigenvalue weighted by molar-refractivity contribution is 4.97. The number of hydrogen-bond donors (Lipinski definition) is 0. The molecule has 4 rings (SSSR count). The van der Waals surface area contributed by atoms with Crippen molar-refractivity contribution < 1.29 is 0 Å². The largest absolute Gasteiger partial charge is 0.296 e. The summed E-state index contributed by atoms with van der Waals surface area (Å²) in [5.74, 6) is 0. The molecule has 3 aliphatic heterocycles. The number of fused-ring (bicyclic) bond motifs is 2. The van der Waals surface area contributed by atoms with E-state index in [4.69, 9.17) is 0 Å². The van der Waals surface area contributed by atoms with Crippen molar-refractivity contribution in [3.63, 3.8) is 0 Å². The van der Waals surface area contributed by atoms with Crippen LogP contribution in [0.2, 0.25) is 0 Å². The second-order valence-electron chi connectivity index (χ2n) is 4.49. The second kappa shape index (κ2) is 4.63. The number of rotatable bonds is 0. The van der Waals surface area contributed by atoms with Crippen LogP contribution in [0.5, 0.6) is 0 Å². The second-order valence-corrected chi connectivity index (χ2v) is 4.49. The van der Waals surface area contributed by atoms with Gasteiger partial charge in [0.05, 0.1) is 0 Å². The Balaban J connectivity index is 0.000000354. The van der Waals surface area contributed by atoms with Crippen LogP contribution in [0.1, 0.15) is 39.5 Å². The van der Waals surface area contributed by atoms with Crippen molar-refractivity contribution in [1.82, 2.24) is 9.80 Å². The molecule has 0 aromatic rings. The quantitative estimate of drug-likeness (QED) is 0.584. The Morgan fingerprint density at radius 3 is 1.43 bits per heavy atom. The molecule has 4 fully saturated rings. The minimum atomic E-state index is 0.946. The van der Waals surface area contributed by atoms with Gasteiger partial charge in [0.15, 0.2) is 0 Å². The topological polar surface area (TPSA) is 6.48 Å². The van der Waals surface area contributed by atoms with Crippen LogP contribution in [0.3, 0.4) is 0 Å². The average molecular weight is 196 g/mol. The summed E-state index contributed by atoms with van der Waals surface area (Å²) in [6, 6.07) is 1.89. The van der Waals surface area contributed by atoms with E-state index in [-0.39, 0.29) is 0 Å². The van der Waals surface area contributed by atoms with Gasteiger partial charge in [-0.25, -0.2) is 0 Å². The lowest BCUT2D eigenvalue weighted by atomic mass is 9.84. The molecular weight excluding hydrogens is 172 g/mol. The molecule has 3 heterocycles. The first-order valence-electron chi connectivity index (χ1n) is 6.43. The fraction of sp³-hybridized carbons (Fsp3) is 1.00. The van der Waals surface area contributed by atoms with E-state index in [1.165, 1.54) is 51.9 Å². The molecule has 2 nitrogen and oxygen atoms in total. The molecule has 0 spiro atoms. The molecule has 1 saturated carbocycles. The predicted octanol–water partition coefficient (Wildman–Crippen LogP) is 1.96. The molecule has 0 N–H and O–H groups in total. The Hall–Kier alpha value is -0.0800. The van der Waals surface area contributed by atoms with E-state index in [2.05, 4.69) is 9.80 Å². The Bertz CT molecular complexity index is 153. The van der Waals surface area contributed by atoms with E-state index in [1.54, 1.807) is 0 Å². The van der Waals surface area contributed by atoms with Gasteiger partial charge in [0, 0.05) is 38.3 Å². The summed E-state index contributed by atoms with van der Waals surface area (Å²) >= 11 is 0. The normalized spacial score (nSPS) is 45.0. The van der Waals surface area contributed by atoms with E-state index < -0.39 is 0 Å². The summed E-state index contributed by atoms with van der Waals surface area (Å²) in [5, 5.41) is 0. The highest BCUT2D eigenvalue weighted by atomic mass is 15.4. The van der Waals surface area contributed by atoms with Gasteiger partial charge in [-0.05, 0) is 12.8 Å². The molecule has 1 aliphatic carbocycles. The zero-order chi connectivity index (χ0) is 9.97. The molecule has 4 aliphatic rings. The van der Waals surface area contributed by atoms with Crippen LogP contribution in [0.4, 0.5) is 0 Å². The minimum Gasteiger partial charge on any atom is -0.296 e. The predicted molar refractivity (Wildman–Crippen MR) is 60.5 cm³/mol. The van der Waals surface area contributed by atoms with Crippen molar-refractivity contribution in [2.24, 2.45) is 0 Å². The SMILES string of the molecule is C1CCC2C(C1)N1CCN2CC1.CC. The van der Waals surface area contributed by atoms with Gasteiger partial charge in [0.2, 0.25) is 0 Å². The Kier molecular flexibility index (Phi) is 3.45. The highest BCUT2D eigenvalue weighted by Crippen LogP contribution is 2.32. The fourth-order valence-electron chi connectivity index (χ4n) is 3.34. The molecule has 0 aromatic heterocycles. The van der Waals surface area contributed by atoms with Crippen LogP contribution in [-0.4, -0.2) is 48.1 Å². The van der Waals surface area contributed by atoms with E-state index in [0.29, 0.717) is 0 Å². The molecule has 2 unspecified atom stereocenters. The van der Waals surface area contributed by atoms with E-state index in [1.807, 2.05) is 13.8 Å². The molecule has 3 saturated heterocycles. The molecule has 0 aromatic carbocycles. The van der Waals surface area contributed by atoms with Gasteiger partial charge < -0.3 is 0 Å². The van der Waals surface area contributed by atoms with E-state index >= 15 is 0 Å². The third-order valence-corrected chi connectivity index (χ3v) is 3.98. The van der Waals surface area contributed by atoms with E-state index in [9.17, 15) is 0 Å². The third-order valence-electron chi connectivity index (χ3n) is 3.98. The van der Waals surface area contributed by atoms with Crippen LogP contribution < -0.4 is 0 Å². The maximum atomic E-state index is 2.74. The molecule has 2 atom stereocenters. The van der Waals surface area contributed by atoms with E-state index in [0.717, 1.165) is 12.1 Å². The van der Waals surface area contributed by atoms with Gasteiger partial charge in [-0.3, -0.25) is 9.80 Å². The zero-order valence-corrected chi connectivity index (χ0v) is 9.71. The third kappa shape index (κ3) is 1.70. The minimum absolute atomic E-state index is 0.946. The lowest BCUT2D eigenvalue weighted by Crippen LogP contribution is -2.67. The van der Waals surface area contributed by atoms with Crippen LogP contribution in [0.25, 0.3) is 0 Å². The molecule has 82 valence electrons. The molecule has 2 bridgehead atoms.